The van der Waals surface area contributed by atoms with Gasteiger partial charge in [0.2, 0.25) is 0 Å². The number of hydrogen-bond donors (Lipinski definition) is 2. The first-order valence-corrected chi connectivity index (χ1v) is 7.38. The fraction of sp³-hybridized carbons (Fsp3) is 0.500. The molecule has 0 saturated carbocycles. The van der Waals surface area contributed by atoms with E-state index in [2.05, 4.69) is 32.7 Å². The van der Waals surface area contributed by atoms with E-state index in [-0.39, 0.29) is 29.7 Å². The molecular formula is C14H21BrIN3O. The Hall–Kier alpha value is -0.500. The Labute approximate surface area is 145 Å². The highest BCUT2D eigenvalue weighted by Crippen LogP contribution is 2.24. The van der Waals surface area contributed by atoms with Crippen LogP contribution in [-0.2, 0) is 6.54 Å². The van der Waals surface area contributed by atoms with Crippen molar-refractivity contribution in [3.63, 3.8) is 0 Å². The highest BCUT2D eigenvalue weighted by molar-refractivity contribution is 14.0. The zero-order chi connectivity index (χ0) is 13.8. The van der Waals surface area contributed by atoms with Crippen molar-refractivity contribution in [1.82, 2.24) is 4.90 Å². The van der Waals surface area contributed by atoms with E-state index in [1.807, 2.05) is 12.1 Å². The fourth-order valence-corrected chi connectivity index (χ4v) is 2.74. The van der Waals surface area contributed by atoms with Crippen molar-refractivity contribution in [3.05, 3.63) is 28.2 Å². The Morgan fingerprint density at radius 3 is 2.95 bits per heavy atom. The van der Waals surface area contributed by atoms with Crippen LogP contribution in [0.5, 0.6) is 5.75 Å². The maximum Gasteiger partial charge on any atom is 0.191 e. The van der Waals surface area contributed by atoms with Gasteiger partial charge in [0.1, 0.15) is 5.75 Å². The van der Waals surface area contributed by atoms with Gasteiger partial charge < -0.3 is 15.7 Å². The van der Waals surface area contributed by atoms with Gasteiger partial charge in [0, 0.05) is 13.1 Å². The normalized spacial score (nSPS) is 19.6. The Morgan fingerprint density at radius 2 is 2.30 bits per heavy atom. The number of phenols is 1. The Bertz CT molecular complexity index is 481. The lowest BCUT2D eigenvalue weighted by Crippen LogP contribution is -2.43. The molecule has 1 aliphatic heterocycles. The molecule has 1 aromatic carbocycles. The third kappa shape index (κ3) is 4.80. The van der Waals surface area contributed by atoms with Crippen molar-refractivity contribution in [1.29, 1.82) is 0 Å². The molecule has 20 heavy (non-hydrogen) atoms. The van der Waals surface area contributed by atoms with Gasteiger partial charge in [-0.1, -0.05) is 13.0 Å². The standard InChI is InChI=1S/C14H20BrN3O.HI/c1-10-3-2-6-18(9-10)14(16)17-8-11-4-5-13(19)12(15)7-11;/h4-5,7,10,19H,2-3,6,8-9H2,1H3,(H2,16,17);1H. The number of nitrogens with two attached hydrogens (primary N) is 1. The average molecular weight is 454 g/mol. The summed E-state index contributed by atoms with van der Waals surface area (Å²) in [4.78, 5) is 6.60. The maximum absolute atomic E-state index is 9.44. The molecule has 1 aliphatic rings. The van der Waals surface area contributed by atoms with Crippen LogP contribution in [0.4, 0.5) is 0 Å². The number of phenolic OH excluding ortho intramolecular Hbond substituents is 1. The SMILES string of the molecule is CC1CCCN(C(N)=NCc2ccc(O)c(Br)c2)C1.I. The predicted octanol–water partition coefficient (Wildman–Crippen LogP) is 3.32. The molecule has 2 rings (SSSR count). The summed E-state index contributed by atoms with van der Waals surface area (Å²) >= 11 is 3.30. The summed E-state index contributed by atoms with van der Waals surface area (Å²) in [7, 11) is 0. The molecule has 112 valence electrons. The molecule has 1 atom stereocenters. The molecular weight excluding hydrogens is 433 g/mol. The summed E-state index contributed by atoms with van der Waals surface area (Å²) in [5.41, 5.74) is 7.07. The summed E-state index contributed by atoms with van der Waals surface area (Å²) in [5.74, 6) is 1.55. The van der Waals surface area contributed by atoms with E-state index in [0.29, 0.717) is 22.9 Å². The smallest absolute Gasteiger partial charge is 0.191 e. The van der Waals surface area contributed by atoms with Crippen LogP contribution in [0.1, 0.15) is 25.3 Å². The van der Waals surface area contributed by atoms with Crippen LogP contribution in [0.3, 0.4) is 0 Å². The molecule has 0 radical (unpaired) electrons. The number of halogens is 2. The molecule has 0 aliphatic carbocycles. The van der Waals surface area contributed by atoms with E-state index < -0.39 is 0 Å². The van der Waals surface area contributed by atoms with Gasteiger partial charge in [0.05, 0.1) is 11.0 Å². The van der Waals surface area contributed by atoms with Crippen LogP contribution in [0.15, 0.2) is 27.7 Å². The molecule has 1 saturated heterocycles. The molecule has 1 aromatic rings. The van der Waals surface area contributed by atoms with Gasteiger partial charge in [-0.25, -0.2) is 4.99 Å². The first-order chi connectivity index (χ1) is 9.06. The minimum absolute atomic E-state index is 0. The molecule has 0 spiro atoms. The van der Waals surface area contributed by atoms with Crippen molar-refractivity contribution in [2.24, 2.45) is 16.6 Å². The lowest BCUT2D eigenvalue weighted by Gasteiger charge is -2.31. The first kappa shape index (κ1) is 17.6. The van der Waals surface area contributed by atoms with Crippen LogP contribution >= 0.6 is 39.9 Å². The lowest BCUT2D eigenvalue weighted by atomic mass is 10.0. The summed E-state index contributed by atoms with van der Waals surface area (Å²) in [6.07, 6.45) is 2.46. The molecule has 0 bridgehead atoms. The van der Waals surface area contributed by atoms with Crippen molar-refractivity contribution < 1.29 is 5.11 Å². The van der Waals surface area contributed by atoms with Crippen LogP contribution in [0, 0.1) is 5.92 Å². The first-order valence-electron chi connectivity index (χ1n) is 6.58. The topological polar surface area (TPSA) is 61.8 Å². The number of hydrogen-bond acceptors (Lipinski definition) is 2. The van der Waals surface area contributed by atoms with E-state index >= 15 is 0 Å². The van der Waals surface area contributed by atoms with Crippen LogP contribution in [0.25, 0.3) is 0 Å². The molecule has 1 fully saturated rings. The predicted molar refractivity (Wildman–Crippen MR) is 96.5 cm³/mol. The van der Waals surface area contributed by atoms with E-state index in [1.54, 1.807) is 6.07 Å². The molecule has 4 nitrogen and oxygen atoms in total. The number of rotatable bonds is 2. The number of aliphatic imine (C=N–C) groups is 1. The van der Waals surface area contributed by atoms with Gasteiger partial charge in [-0.05, 0) is 52.4 Å². The minimum atomic E-state index is 0. The fourth-order valence-electron chi connectivity index (χ4n) is 2.32. The third-order valence-electron chi connectivity index (χ3n) is 3.42. The Balaban J connectivity index is 0.00000200. The summed E-state index contributed by atoms with van der Waals surface area (Å²) in [5, 5.41) is 9.44. The minimum Gasteiger partial charge on any atom is -0.507 e. The Kier molecular flexibility index (Phi) is 7.08. The molecule has 0 aromatic heterocycles. The second kappa shape index (κ2) is 8.07. The summed E-state index contributed by atoms with van der Waals surface area (Å²) < 4.78 is 0.686. The Morgan fingerprint density at radius 1 is 1.55 bits per heavy atom. The monoisotopic (exact) mass is 453 g/mol. The van der Waals surface area contributed by atoms with Crippen molar-refractivity contribution in [3.8, 4) is 5.75 Å². The van der Waals surface area contributed by atoms with Gasteiger partial charge in [0.25, 0.3) is 0 Å². The second-order valence-electron chi connectivity index (χ2n) is 5.15. The van der Waals surface area contributed by atoms with E-state index in [1.165, 1.54) is 12.8 Å². The van der Waals surface area contributed by atoms with Crippen molar-refractivity contribution >= 4 is 45.9 Å². The molecule has 1 heterocycles. The van der Waals surface area contributed by atoms with Gasteiger partial charge >= 0.3 is 0 Å². The summed E-state index contributed by atoms with van der Waals surface area (Å²) in [6.45, 7) is 4.78. The molecule has 0 amide bonds. The van der Waals surface area contributed by atoms with Crippen LogP contribution in [0.2, 0.25) is 0 Å². The van der Waals surface area contributed by atoms with Crippen LogP contribution < -0.4 is 5.73 Å². The average Bonchev–Trinajstić information content (AvgIpc) is 2.40. The number of piperidine rings is 1. The highest BCUT2D eigenvalue weighted by Gasteiger charge is 2.17. The van der Waals surface area contributed by atoms with E-state index in [4.69, 9.17) is 5.73 Å². The number of nitrogens with zero attached hydrogens (tertiary/aromatic N) is 2. The van der Waals surface area contributed by atoms with E-state index in [0.717, 1.165) is 18.7 Å². The van der Waals surface area contributed by atoms with Crippen LogP contribution in [-0.4, -0.2) is 29.1 Å². The number of aromatic hydroxyl groups is 1. The van der Waals surface area contributed by atoms with Gasteiger partial charge in [-0.15, -0.1) is 24.0 Å². The van der Waals surface area contributed by atoms with Gasteiger partial charge in [-0.3, -0.25) is 0 Å². The molecule has 1 unspecified atom stereocenters. The van der Waals surface area contributed by atoms with Crippen molar-refractivity contribution in [2.45, 2.75) is 26.3 Å². The highest BCUT2D eigenvalue weighted by atomic mass is 127. The quantitative estimate of drug-likeness (QED) is 0.410. The maximum atomic E-state index is 9.44. The largest absolute Gasteiger partial charge is 0.507 e. The zero-order valence-electron chi connectivity index (χ0n) is 11.6. The third-order valence-corrected chi connectivity index (χ3v) is 4.05. The second-order valence-corrected chi connectivity index (χ2v) is 6.01. The lowest BCUT2D eigenvalue weighted by molar-refractivity contribution is 0.270. The summed E-state index contributed by atoms with van der Waals surface area (Å²) in [6, 6.07) is 5.38. The van der Waals surface area contributed by atoms with E-state index in [9.17, 15) is 5.11 Å². The number of likely N-dealkylation sites (tertiary alicyclic amines) is 1. The zero-order valence-corrected chi connectivity index (χ0v) is 15.5. The molecule has 3 N–H and O–H groups in total. The number of guanidine groups is 1. The van der Waals surface area contributed by atoms with Crippen molar-refractivity contribution in [2.75, 3.05) is 13.1 Å². The number of benzene rings is 1. The van der Waals surface area contributed by atoms with Gasteiger partial charge in [0.15, 0.2) is 5.96 Å². The molecule has 6 heteroatoms. The van der Waals surface area contributed by atoms with Gasteiger partial charge in [-0.2, -0.15) is 0 Å².